The van der Waals surface area contributed by atoms with Crippen molar-refractivity contribution in [3.63, 3.8) is 0 Å². The van der Waals surface area contributed by atoms with Gasteiger partial charge in [-0.3, -0.25) is 4.90 Å². The Morgan fingerprint density at radius 1 is 0.857 bits per heavy atom. The number of likely N-dealkylation sites (tertiary alicyclic amines) is 1. The Morgan fingerprint density at radius 3 is 2.32 bits per heavy atom. The van der Waals surface area contributed by atoms with Crippen LogP contribution in [0.2, 0.25) is 0 Å². The van der Waals surface area contributed by atoms with Crippen molar-refractivity contribution < 1.29 is 4.74 Å². The Morgan fingerprint density at radius 2 is 1.57 bits per heavy atom. The fraction of sp³-hybridized carbons (Fsp3) is 0.364. The van der Waals surface area contributed by atoms with E-state index in [0.29, 0.717) is 6.61 Å². The molecule has 0 N–H and O–H groups in total. The third-order valence-electron chi connectivity index (χ3n) is 4.87. The molecule has 0 amide bonds. The highest BCUT2D eigenvalue weighted by atomic mass is 32.2. The molecule has 3 aromatic rings. The average molecular weight is 395 g/mol. The number of thioether (sulfide) groups is 1. The normalized spacial score (nSPS) is 14.4. The van der Waals surface area contributed by atoms with E-state index in [1.807, 2.05) is 30.3 Å². The molecule has 1 aromatic heterocycles. The summed E-state index contributed by atoms with van der Waals surface area (Å²) in [5.74, 6) is 2.80. The minimum atomic E-state index is 0.647. The van der Waals surface area contributed by atoms with E-state index in [1.165, 1.54) is 18.4 Å². The number of hydrogen-bond acceptors (Lipinski definition) is 5. The number of nitrogens with zero attached hydrogens (tertiary/aromatic N) is 4. The Labute approximate surface area is 170 Å². The molecule has 0 unspecified atom stereocenters. The molecule has 0 bridgehead atoms. The van der Waals surface area contributed by atoms with E-state index in [9.17, 15) is 0 Å². The molecule has 146 valence electrons. The second-order valence-corrected chi connectivity index (χ2v) is 8.03. The number of hydrogen-bond donors (Lipinski definition) is 0. The van der Waals surface area contributed by atoms with E-state index in [0.717, 1.165) is 48.7 Å². The summed E-state index contributed by atoms with van der Waals surface area (Å²) in [6.07, 6.45) is 2.57. The molecule has 0 saturated carbocycles. The fourth-order valence-electron chi connectivity index (χ4n) is 3.42. The zero-order valence-corrected chi connectivity index (χ0v) is 16.9. The zero-order chi connectivity index (χ0) is 19.0. The second kappa shape index (κ2) is 9.75. The van der Waals surface area contributed by atoms with Crippen LogP contribution in [0, 0.1) is 0 Å². The van der Waals surface area contributed by atoms with Crippen molar-refractivity contribution in [1.29, 1.82) is 0 Å². The third-order valence-corrected chi connectivity index (χ3v) is 5.80. The van der Waals surface area contributed by atoms with Gasteiger partial charge in [0.25, 0.3) is 0 Å². The maximum absolute atomic E-state index is 5.81. The van der Waals surface area contributed by atoms with Crippen molar-refractivity contribution in [2.75, 3.05) is 25.4 Å². The smallest absolute Gasteiger partial charge is 0.191 e. The quantitative estimate of drug-likeness (QED) is 0.404. The van der Waals surface area contributed by atoms with Crippen LogP contribution in [-0.4, -0.2) is 45.1 Å². The topological polar surface area (TPSA) is 43.2 Å². The predicted octanol–water partition coefficient (Wildman–Crippen LogP) is 4.09. The maximum atomic E-state index is 5.81. The number of benzene rings is 2. The van der Waals surface area contributed by atoms with Gasteiger partial charge in [0.15, 0.2) is 5.16 Å². The highest BCUT2D eigenvalue weighted by Gasteiger charge is 2.18. The molecule has 0 aliphatic carbocycles. The lowest BCUT2D eigenvalue weighted by molar-refractivity contribution is 0.316. The summed E-state index contributed by atoms with van der Waals surface area (Å²) in [5, 5.41) is 9.98. The summed E-state index contributed by atoms with van der Waals surface area (Å²) in [7, 11) is 0. The summed E-state index contributed by atoms with van der Waals surface area (Å²) in [4.78, 5) is 2.47. The van der Waals surface area contributed by atoms with Gasteiger partial charge in [-0.05, 0) is 43.6 Å². The van der Waals surface area contributed by atoms with Crippen molar-refractivity contribution in [3.8, 4) is 5.75 Å². The summed E-state index contributed by atoms with van der Waals surface area (Å²) in [6, 6.07) is 20.5. The molecule has 0 spiro atoms. The number of rotatable bonds is 9. The van der Waals surface area contributed by atoms with Gasteiger partial charge in [0, 0.05) is 5.75 Å². The van der Waals surface area contributed by atoms with Gasteiger partial charge < -0.3 is 9.30 Å². The lowest BCUT2D eigenvalue weighted by atomic mass is 10.2. The molecule has 6 heteroatoms. The molecule has 2 aromatic carbocycles. The molecule has 2 heterocycles. The Bertz CT molecular complexity index is 847. The minimum Gasteiger partial charge on any atom is -0.493 e. The van der Waals surface area contributed by atoms with Crippen LogP contribution in [0.15, 0.2) is 65.8 Å². The molecule has 0 radical (unpaired) electrons. The molecule has 1 aliphatic rings. The Kier molecular flexibility index (Phi) is 6.63. The van der Waals surface area contributed by atoms with Crippen molar-refractivity contribution in [2.45, 2.75) is 31.1 Å². The first-order chi connectivity index (χ1) is 13.9. The fourth-order valence-corrected chi connectivity index (χ4v) is 4.19. The van der Waals surface area contributed by atoms with E-state index in [4.69, 9.17) is 4.74 Å². The molecule has 5 nitrogen and oxygen atoms in total. The molecule has 1 fully saturated rings. The Hall–Kier alpha value is -2.31. The van der Waals surface area contributed by atoms with Gasteiger partial charge in [0.05, 0.1) is 19.7 Å². The monoisotopic (exact) mass is 394 g/mol. The van der Waals surface area contributed by atoms with E-state index in [-0.39, 0.29) is 0 Å². The molecule has 4 rings (SSSR count). The lowest BCUT2D eigenvalue weighted by Crippen LogP contribution is -2.21. The van der Waals surface area contributed by atoms with E-state index >= 15 is 0 Å². The predicted molar refractivity (Wildman–Crippen MR) is 113 cm³/mol. The van der Waals surface area contributed by atoms with Gasteiger partial charge in [-0.2, -0.15) is 0 Å². The van der Waals surface area contributed by atoms with Crippen LogP contribution < -0.4 is 4.74 Å². The number of ether oxygens (including phenoxy) is 1. The summed E-state index contributed by atoms with van der Waals surface area (Å²) in [6.45, 7) is 4.64. The standard InChI is InChI=1S/C22H26N4OS/c1-3-9-19(10-4-1)17-26-21(18-25-13-7-8-14-25)23-24-22(26)28-16-15-27-20-11-5-2-6-12-20/h1-6,9-12H,7-8,13-18H2. The highest BCUT2D eigenvalue weighted by molar-refractivity contribution is 7.99. The van der Waals surface area contributed by atoms with Crippen LogP contribution in [0.5, 0.6) is 5.75 Å². The van der Waals surface area contributed by atoms with E-state index in [1.54, 1.807) is 11.8 Å². The molecular weight excluding hydrogens is 368 g/mol. The second-order valence-electron chi connectivity index (χ2n) is 6.96. The van der Waals surface area contributed by atoms with Crippen molar-refractivity contribution >= 4 is 11.8 Å². The SMILES string of the molecule is c1ccc(Cn2c(CN3CCCC3)nnc2SCCOc2ccccc2)cc1. The van der Waals surface area contributed by atoms with Gasteiger partial charge in [-0.15, -0.1) is 10.2 Å². The number of aromatic nitrogens is 3. The van der Waals surface area contributed by atoms with Gasteiger partial charge in [0.1, 0.15) is 11.6 Å². The first-order valence-corrected chi connectivity index (χ1v) is 10.9. The average Bonchev–Trinajstić information content (AvgIpc) is 3.38. The first-order valence-electron chi connectivity index (χ1n) is 9.87. The van der Waals surface area contributed by atoms with Crippen LogP contribution in [0.3, 0.4) is 0 Å². The molecule has 1 aliphatic heterocycles. The van der Waals surface area contributed by atoms with Crippen LogP contribution in [0.25, 0.3) is 0 Å². The van der Waals surface area contributed by atoms with Gasteiger partial charge >= 0.3 is 0 Å². The third kappa shape index (κ3) is 5.14. The Balaban J connectivity index is 1.42. The largest absolute Gasteiger partial charge is 0.493 e. The molecule has 1 saturated heterocycles. The molecule has 28 heavy (non-hydrogen) atoms. The van der Waals surface area contributed by atoms with Crippen LogP contribution in [-0.2, 0) is 13.1 Å². The van der Waals surface area contributed by atoms with Gasteiger partial charge in [-0.25, -0.2) is 0 Å². The van der Waals surface area contributed by atoms with Crippen molar-refractivity contribution in [1.82, 2.24) is 19.7 Å². The summed E-state index contributed by atoms with van der Waals surface area (Å²) < 4.78 is 8.08. The van der Waals surface area contributed by atoms with Crippen molar-refractivity contribution in [3.05, 3.63) is 72.1 Å². The van der Waals surface area contributed by atoms with Gasteiger partial charge in [0.2, 0.25) is 0 Å². The summed E-state index contributed by atoms with van der Waals surface area (Å²) >= 11 is 1.71. The summed E-state index contributed by atoms with van der Waals surface area (Å²) in [5.41, 5.74) is 1.27. The van der Waals surface area contributed by atoms with Crippen LogP contribution in [0.1, 0.15) is 24.2 Å². The highest BCUT2D eigenvalue weighted by Crippen LogP contribution is 2.21. The maximum Gasteiger partial charge on any atom is 0.191 e. The van der Waals surface area contributed by atoms with Crippen molar-refractivity contribution in [2.24, 2.45) is 0 Å². The van der Waals surface area contributed by atoms with Crippen LogP contribution in [0.4, 0.5) is 0 Å². The number of para-hydroxylation sites is 1. The van der Waals surface area contributed by atoms with Gasteiger partial charge in [-0.1, -0.05) is 60.3 Å². The van der Waals surface area contributed by atoms with Crippen LogP contribution >= 0.6 is 11.8 Å². The van der Waals surface area contributed by atoms with E-state index in [2.05, 4.69) is 50.0 Å². The first kappa shape index (κ1) is 19.0. The zero-order valence-electron chi connectivity index (χ0n) is 16.0. The minimum absolute atomic E-state index is 0.647. The molecular formula is C22H26N4OS. The van der Waals surface area contributed by atoms with E-state index < -0.39 is 0 Å². The lowest BCUT2D eigenvalue weighted by Gasteiger charge is -2.16. The molecule has 0 atom stereocenters.